The molecule has 27 heavy (non-hydrogen) atoms. The van der Waals surface area contributed by atoms with E-state index in [0.29, 0.717) is 40.6 Å². The minimum Gasteiger partial charge on any atom is -0.317 e. The SMILES string of the molecule is Cc1ccc(N2CCCS2(=O)=O)cc1NC(=O)C(=O)Nc1ccccc1Cl. The van der Waals surface area contributed by atoms with E-state index in [-0.39, 0.29) is 5.75 Å². The van der Waals surface area contributed by atoms with Crippen molar-refractivity contribution in [3.63, 3.8) is 0 Å². The second kappa shape index (κ2) is 7.58. The van der Waals surface area contributed by atoms with Gasteiger partial charge in [0.05, 0.1) is 22.2 Å². The van der Waals surface area contributed by atoms with Gasteiger partial charge in [0.2, 0.25) is 10.0 Å². The molecular weight excluding hydrogens is 390 g/mol. The molecule has 0 atom stereocenters. The molecule has 2 aromatic rings. The molecule has 0 spiro atoms. The third-order valence-corrected chi connectivity index (χ3v) is 6.38. The van der Waals surface area contributed by atoms with Crippen LogP contribution in [0.1, 0.15) is 12.0 Å². The number of aryl methyl sites for hydroxylation is 1. The number of amides is 2. The molecule has 1 aliphatic heterocycles. The van der Waals surface area contributed by atoms with Crippen LogP contribution in [0.4, 0.5) is 17.1 Å². The minimum atomic E-state index is -3.33. The third-order valence-electron chi connectivity index (χ3n) is 4.18. The maximum absolute atomic E-state index is 12.2. The van der Waals surface area contributed by atoms with Crippen LogP contribution in [0.3, 0.4) is 0 Å². The Labute approximate surface area is 162 Å². The Bertz CT molecular complexity index is 1010. The zero-order chi connectivity index (χ0) is 19.6. The molecule has 0 unspecified atom stereocenters. The normalized spacial score (nSPS) is 15.4. The first-order valence-electron chi connectivity index (χ1n) is 8.26. The zero-order valence-electron chi connectivity index (χ0n) is 14.5. The van der Waals surface area contributed by atoms with Gasteiger partial charge in [-0.2, -0.15) is 0 Å². The molecule has 1 saturated heterocycles. The van der Waals surface area contributed by atoms with E-state index in [9.17, 15) is 18.0 Å². The smallest absolute Gasteiger partial charge is 0.314 e. The van der Waals surface area contributed by atoms with E-state index in [1.54, 1.807) is 49.4 Å². The molecule has 3 rings (SSSR count). The maximum atomic E-state index is 12.2. The second-order valence-electron chi connectivity index (χ2n) is 6.13. The Morgan fingerprint density at radius 3 is 2.33 bits per heavy atom. The molecule has 0 radical (unpaired) electrons. The summed E-state index contributed by atoms with van der Waals surface area (Å²) in [6, 6.07) is 11.5. The highest BCUT2D eigenvalue weighted by molar-refractivity contribution is 7.93. The third kappa shape index (κ3) is 4.23. The number of anilines is 3. The van der Waals surface area contributed by atoms with Crippen LogP contribution in [-0.2, 0) is 19.6 Å². The van der Waals surface area contributed by atoms with Crippen molar-refractivity contribution in [2.75, 3.05) is 27.2 Å². The van der Waals surface area contributed by atoms with Gasteiger partial charge in [-0.3, -0.25) is 13.9 Å². The van der Waals surface area contributed by atoms with Crippen LogP contribution < -0.4 is 14.9 Å². The summed E-state index contributed by atoms with van der Waals surface area (Å²) >= 11 is 5.97. The quantitative estimate of drug-likeness (QED) is 0.764. The van der Waals surface area contributed by atoms with Crippen molar-refractivity contribution < 1.29 is 18.0 Å². The lowest BCUT2D eigenvalue weighted by Crippen LogP contribution is -2.30. The lowest BCUT2D eigenvalue weighted by Gasteiger charge is -2.19. The van der Waals surface area contributed by atoms with Crippen molar-refractivity contribution in [3.8, 4) is 0 Å². The number of benzene rings is 2. The standard InChI is InChI=1S/C18H18ClN3O4S/c1-12-7-8-13(22-9-4-10-27(22,25)26)11-16(12)21-18(24)17(23)20-15-6-3-2-5-14(15)19/h2-3,5-8,11H,4,9-10H2,1H3,(H,20,23)(H,21,24). The largest absolute Gasteiger partial charge is 0.317 e. The van der Waals surface area contributed by atoms with E-state index in [1.807, 2.05) is 0 Å². The molecule has 0 saturated carbocycles. The Morgan fingerprint density at radius 2 is 1.70 bits per heavy atom. The average Bonchev–Trinajstić information content (AvgIpc) is 2.98. The molecule has 0 aromatic heterocycles. The van der Waals surface area contributed by atoms with Crippen LogP contribution in [0.25, 0.3) is 0 Å². The first kappa shape index (κ1) is 19.2. The highest BCUT2D eigenvalue weighted by Crippen LogP contribution is 2.28. The zero-order valence-corrected chi connectivity index (χ0v) is 16.1. The number of para-hydroxylation sites is 1. The Morgan fingerprint density at radius 1 is 1.04 bits per heavy atom. The number of sulfonamides is 1. The lowest BCUT2D eigenvalue weighted by molar-refractivity contribution is -0.133. The predicted octanol–water partition coefficient (Wildman–Crippen LogP) is 2.77. The molecular formula is C18H18ClN3O4S. The summed E-state index contributed by atoms with van der Waals surface area (Å²) in [6.45, 7) is 2.15. The van der Waals surface area contributed by atoms with Gasteiger partial charge in [0.1, 0.15) is 0 Å². The number of carbonyl (C=O) groups excluding carboxylic acids is 2. The summed E-state index contributed by atoms with van der Waals surface area (Å²) in [5.41, 5.74) is 1.86. The highest BCUT2D eigenvalue weighted by atomic mass is 35.5. The van der Waals surface area contributed by atoms with Crippen molar-refractivity contribution in [2.24, 2.45) is 0 Å². The van der Waals surface area contributed by atoms with Gasteiger partial charge in [-0.05, 0) is 43.2 Å². The number of halogens is 1. The van der Waals surface area contributed by atoms with Crippen LogP contribution in [0.2, 0.25) is 5.02 Å². The van der Waals surface area contributed by atoms with Crippen LogP contribution in [0.15, 0.2) is 42.5 Å². The fraction of sp³-hybridized carbons (Fsp3) is 0.222. The molecule has 2 amide bonds. The molecule has 142 valence electrons. The predicted molar refractivity (Wildman–Crippen MR) is 106 cm³/mol. The monoisotopic (exact) mass is 407 g/mol. The molecule has 7 nitrogen and oxygen atoms in total. The van der Waals surface area contributed by atoms with E-state index >= 15 is 0 Å². The van der Waals surface area contributed by atoms with Gasteiger partial charge in [0.25, 0.3) is 0 Å². The molecule has 9 heteroatoms. The van der Waals surface area contributed by atoms with Gasteiger partial charge in [-0.25, -0.2) is 8.42 Å². The number of rotatable bonds is 3. The first-order valence-corrected chi connectivity index (χ1v) is 10.2. The number of hydrogen-bond donors (Lipinski definition) is 2. The summed E-state index contributed by atoms with van der Waals surface area (Å²) in [7, 11) is -3.33. The fourth-order valence-electron chi connectivity index (χ4n) is 2.75. The summed E-state index contributed by atoms with van der Waals surface area (Å²) in [5.74, 6) is -1.65. The molecule has 1 fully saturated rings. The van der Waals surface area contributed by atoms with E-state index in [0.717, 1.165) is 0 Å². The fourth-order valence-corrected chi connectivity index (χ4v) is 4.49. The topological polar surface area (TPSA) is 95.6 Å². The minimum absolute atomic E-state index is 0.100. The lowest BCUT2D eigenvalue weighted by atomic mass is 10.1. The number of nitrogens with one attached hydrogen (secondary N) is 2. The van der Waals surface area contributed by atoms with Gasteiger partial charge in [0.15, 0.2) is 0 Å². The number of nitrogens with zero attached hydrogens (tertiary/aromatic N) is 1. The van der Waals surface area contributed by atoms with Crippen LogP contribution in [-0.4, -0.2) is 32.5 Å². The summed E-state index contributed by atoms with van der Waals surface area (Å²) in [6.07, 6.45) is 0.554. The van der Waals surface area contributed by atoms with Crippen molar-refractivity contribution in [2.45, 2.75) is 13.3 Å². The van der Waals surface area contributed by atoms with Gasteiger partial charge in [-0.1, -0.05) is 29.8 Å². The van der Waals surface area contributed by atoms with Crippen molar-refractivity contribution >= 4 is 50.5 Å². The summed E-state index contributed by atoms with van der Waals surface area (Å²) in [4.78, 5) is 24.4. The van der Waals surface area contributed by atoms with E-state index in [4.69, 9.17) is 11.6 Å². The molecule has 2 aromatic carbocycles. The Kier molecular flexibility index (Phi) is 5.38. The average molecular weight is 408 g/mol. The second-order valence-corrected chi connectivity index (χ2v) is 8.55. The van der Waals surface area contributed by atoms with Crippen molar-refractivity contribution in [1.29, 1.82) is 0 Å². The van der Waals surface area contributed by atoms with E-state index < -0.39 is 21.8 Å². The van der Waals surface area contributed by atoms with Gasteiger partial charge < -0.3 is 10.6 Å². The van der Waals surface area contributed by atoms with E-state index in [2.05, 4.69) is 10.6 Å². The van der Waals surface area contributed by atoms with Crippen molar-refractivity contribution in [3.05, 3.63) is 53.1 Å². The van der Waals surface area contributed by atoms with Gasteiger partial charge in [0, 0.05) is 12.2 Å². The summed E-state index contributed by atoms with van der Waals surface area (Å²) < 4.78 is 25.5. The van der Waals surface area contributed by atoms with Gasteiger partial charge in [-0.15, -0.1) is 0 Å². The Balaban J connectivity index is 1.77. The molecule has 2 N–H and O–H groups in total. The van der Waals surface area contributed by atoms with Crippen molar-refractivity contribution in [1.82, 2.24) is 0 Å². The maximum Gasteiger partial charge on any atom is 0.314 e. The van der Waals surface area contributed by atoms with E-state index in [1.165, 1.54) is 4.31 Å². The molecule has 1 heterocycles. The highest BCUT2D eigenvalue weighted by Gasteiger charge is 2.29. The van der Waals surface area contributed by atoms with Crippen LogP contribution in [0, 0.1) is 6.92 Å². The van der Waals surface area contributed by atoms with Gasteiger partial charge >= 0.3 is 11.8 Å². The molecule has 0 bridgehead atoms. The molecule has 1 aliphatic rings. The van der Waals surface area contributed by atoms with Crippen LogP contribution in [0.5, 0.6) is 0 Å². The number of carbonyl (C=O) groups is 2. The molecule has 0 aliphatic carbocycles. The Hall–Kier alpha value is -2.58. The summed E-state index contributed by atoms with van der Waals surface area (Å²) in [5, 5.41) is 5.28. The first-order chi connectivity index (χ1) is 12.8. The number of hydrogen-bond acceptors (Lipinski definition) is 4. The van der Waals surface area contributed by atoms with Crippen LogP contribution >= 0.6 is 11.6 Å².